The van der Waals surface area contributed by atoms with E-state index in [4.69, 9.17) is 9.84 Å². The van der Waals surface area contributed by atoms with Gasteiger partial charge in [0, 0.05) is 22.7 Å². The van der Waals surface area contributed by atoms with Gasteiger partial charge in [0.1, 0.15) is 6.61 Å². The van der Waals surface area contributed by atoms with Crippen LogP contribution in [0.15, 0.2) is 95.9 Å². The number of aromatic amines is 1. The van der Waals surface area contributed by atoms with Gasteiger partial charge in [-0.1, -0.05) is 66.7 Å². The Morgan fingerprint density at radius 2 is 1.55 bits per heavy atom. The predicted octanol–water partition coefficient (Wildman–Crippen LogP) is 4.06. The van der Waals surface area contributed by atoms with Gasteiger partial charge in [0.25, 0.3) is 5.56 Å². The molecule has 7 nitrogen and oxygen atoms in total. The highest BCUT2D eigenvalue weighted by Gasteiger charge is 2.16. The number of hydrogen-bond donors (Lipinski definition) is 1. The van der Waals surface area contributed by atoms with Crippen LogP contribution in [-0.2, 0) is 22.6 Å². The smallest absolute Gasteiger partial charge is 0.312 e. The molecule has 0 aliphatic carbocycles. The molecule has 0 saturated heterocycles. The Balaban J connectivity index is 1.39. The van der Waals surface area contributed by atoms with Crippen molar-refractivity contribution in [2.45, 2.75) is 13.0 Å². The molecule has 0 aliphatic rings. The molecular weight excluding hydrogens is 416 g/mol. The van der Waals surface area contributed by atoms with Gasteiger partial charge >= 0.3 is 5.97 Å². The lowest BCUT2D eigenvalue weighted by Crippen LogP contribution is -2.15. The average molecular weight is 436 g/mol. The molecule has 1 N–H and O–H groups in total. The fourth-order valence-electron chi connectivity index (χ4n) is 3.72. The zero-order valence-corrected chi connectivity index (χ0v) is 17.6. The molecule has 0 atom stereocenters. The lowest BCUT2D eigenvalue weighted by atomic mass is 10.1. The molecule has 0 saturated carbocycles. The van der Waals surface area contributed by atoms with E-state index < -0.39 is 5.97 Å². The molecule has 0 bridgehead atoms. The number of hydrogen-bond acceptors (Lipinski definition) is 5. The first-order valence-corrected chi connectivity index (χ1v) is 10.5. The van der Waals surface area contributed by atoms with Crippen LogP contribution in [0.3, 0.4) is 0 Å². The number of carbonyl (C=O) groups is 1. The highest BCUT2D eigenvalue weighted by atomic mass is 16.5. The summed E-state index contributed by atoms with van der Waals surface area (Å²) in [6, 6.07) is 26.6. The SMILES string of the molecule is O=C(Cc1n[nH]c(=O)c2ccccc12)OCc1cn(-c2ccccc2)nc1-c1ccccc1. The normalized spacial score (nSPS) is 10.9. The van der Waals surface area contributed by atoms with Crippen molar-refractivity contribution in [1.82, 2.24) is 20.0 Å². The molecule has 3 aromatic carbocycles. The van der Waals surface area contributed by atoms with Crippen molar-refractivity contribution in [2.24, 2.45) is 0 Å². The van der Waals surface area contributed by atoms with Gasteiger partial charge in [-0.05, 0) is 18.2 Å². The van der Waals surface area contributed by atoms with E-state index in [9.17, 15) is 9.59 Å². The van der Waals surface area contributed by atoms with E-state index in [-0.39, 0.29) is 18.6 Å². The number of para-hydroxylation sites is 1. The molecule has 162 valence electrons. The summed E-state index contributed by atoms with van der Waals surface area (Å²) in [6.45, 7) is 0.0666. The van der Waals surface area contributed by atoms with E-state index in [1.54, 1.807) is 22.9 Å². The molecule has 2 heterocycles. The Hall–Kier alpha value is -4.52. The number of aromatic nitrogens is 4. The van der Waals surface area contributed by atoms with E-state index in [0.717, 1.165) is 22.5 Å². The van der Waals surface area contributed by atoms with Crippen LogP contribution in [0, 0.1) is 0 Å². The molecule has 5 rings (SSSR count). The summed E-state index contributed by atoms with van der Waals surface area (Å²) in [6.07, 6.45) is 1.82. The molecule has 0 amide bonds. The first kappa shape index (κ1) is 20.4. The van der Waals surface area contributed by atoms with Crippen LogP contribution in [0.4, 0.5) is 0 Å². The molecule has 7 heteroatoms. The third-order valence-electron chi connectivity index (χ3n) is 5.33. The molecule has 33 heavy (non-hydrogen) atoms. The van der Waals surface area contributed by atoms with Crippen LogP contribution >= 0.6 is 0 Å². The summed E-state index contributed by atoms with van der Waals surface area (Å²) >= 11 is 0. The van der Waals surface area contributed by atoms with Crippen LogP contribution in [0.25, 0.3) is 27.7 Å². The Morgan fingerprint density at radius 1 is 0.879 bits per heavy atom. The topological polar surface area (TPSA) is 89.9 Å². The van der Waals surface area contributed by atoms with Crippen LogP contribution in [0.2, 0.25) is 0 Å². The lowest BCUT2D eigenvalue weighted by Gasteiger charge is -2.07. The number of nitrogens with zero attached hydrogens (tertiary/aromatic N) is 3. The highest BCUT2D eigenvalue weighted by Crippen LogP contribution is 2.24. The molecule has 0 unspecified atom stereocenters. The highest BCUT2D eigenvalue weighted by molar-refractivity contribution is 5.86. The molecular formula is C26H20N4O3. The number of esters is 1. The quantitative estimate of drug-likeness (QED) is 0.406. The summed E-state index contributed by atoms with van der Waals surface area (Å²) in [5.41, 5.74) is 3.57. The van der Waals surface area contributed by atoms with E-state index in [2.05, 4.69) is 10.2 Å². The van der Waals surface area contributed by atoms with Crippen LogP contribution in [-0.4, -0.2) is 25.9 Å². The van der Waals surface area contributed by atoms with Gasteiger partial charge < -0.3 is 4.74 Å². The zero-order valence-electron chi connectivity index (χ0n) is 17.6. The van der Waals surface area contributed by atoms with Gasteiger partial charge in [-0.25, -0.2) is 9.78 Å². The molecule has 0 aliphatic heterocycles. The minimum Gasteiger partial charge on any atom is -0.460 e. The molecule has 2 aromatic heterocycles. The summed E-state index contributed by atoms with van der Waals surface area (Å²) in [5, 5.41) is 12.4. The Morgan fingerprint density at radius 3 is 2.30 bits per heavy atom. The summed E-state index contributed by atoms with van der Waals surface area (Å²) < 4.78 is 7.38. The number of carbonyl (C=O) groups excluding carboxylic acids is 1. The maximum Gasteiger partial charge on any atom is 0.312 e. The van der Waals surface area contributed by atoms with Crippen molar-refractivity contribution in [3.05, 3.63) is 113 Å². The Kier molecular flexibility index (Phi) is 5.51. The number of ether oxygens (including phenoxy) is 1. The molecule has 5 aromatic rings. The van der Waals surface area contributed by atoms with Gasteiger partial charge in [-0.2, -0.15) is 10.2 Å². The second-order valence-corrected chi connectivity index (χ2v) is 7.53. The van der Waals surface area contributed by atoms with Gasteiger partial charge in [0.15, 0.2) is 0 Å². The van der Waals surface area contributed by atoms with Crippen LogP contribution < -0.4 is 5.56 Å². The summed E-state index contributed by atoms with van der Waals surface area (Å²) in [7, 11) is 0. The second-order valence-electron chi connectivity index (χ2n) is 7.53. The zero-order chi connectivity index (χ0) is 22.6. The van der Waals surface area contributed by atoms with Crippen molar-refractivity contribution in [3.63, 3.8) is 0 Å². The van der Waals surface area contributed by atoms with Gasteiger partial charge in [-0.3, -0.25) is 9.59 Å². The van der Waals surface area contributed by atoms with Crippen molar-refractivity contribution in [1.29, 1.82) is 0 Å². The number of H-pyrrole nitrogens is 1. The first-order valence-electron chi connectivity index (χ1n) is 10.5. The van der Waals surface area contributed by atoms with Crippen molar-refractivity contribution in [2.75, 3.05) is 0 Å². The number of nitrogens with one attached hydrogen (secondary N) is 1. The lowest BCUT2D eigenvalue weighted by molar-refractivity contribution is -0.144. The Labute approximate surface area is 189 Å². The first-order chi connectivity index (χ1) is 16.2. The maximum atomic E-state index is 12.7. The second kappa shape index (κ2) is 8.92. The van der Waals surface area contributed by atoms with Gasteiger partial charge in [-0.15, -0.1) is 0 Å². The van der Waals surface area contributed by atoms with E-state index in [1.807, 2.05) is 72.9 Å². The minimum absolute atomic E-state index is 0.0508. The standard InChI is InChI=1S/C26H20N4O3/c31-24(15-23-21-13-7-8-14-22(21)26(32)28-27-23)33-17-19-16-30(20-11-5-2-6-12-20)29-25(19)18-9-3-1-4-10-18/h1-14,16H,15,17H2,(H,28,32). The van der Waals surface area contributed by atoms with Crippen LogP contribution in [0.1, 0.15) is 11.3 Å². The third-order valence-corrected chi connectivity index (χ3v) is 5.33. The third kappa shape index (κ3) is 4.29. The summed E-state index contributed by atoms with van der Waals surface area (Å²) in [4.78, 5) is 24.6. The van der Waals surface area contributed by atoms with Crippen molar-refractivity contribution >= 4 is 16.7 Å². The van der Waals surface area contributed by atoms with Gasteiger partial charge in [0.2, 0.25) is 0 Å². The number of rotatable bonds is 6. The fraction of sp³-hybridized carbons (Fsp3) is 0.0769. The predicted molar refractivity (Wildman–Crippen MR) is 125 cm³/mol. The average Bonchev–Trinajstić information content (AvgIpc) is 3.30. The van der Waals surface area contributed by atoms with Crippen LogP contribution in [0.5, 0.6) is 0 Å². The van der Waals surface area contributed by atoms with E-state index in [0.29, 0.717) is 16.5 Å². The minimum atomic E-state index is -0.439. The fourth-order valence-corrected chi connectivity index (χ4v) is 3.72. The van der Waals surface area contributed by atoms with E-state index >= 15 is 0 Å². The molecule has 0 radical (unpaired) electrons. The monoisotopic (exact) mass is 436 g/mol. The largest absolute Gasteiger partial charge is 0.460 e. The van der Waals surface area contributed by atoms with E-state index in [1.165, 1.54) is 0 Å². The van der Waals surface area contributed by atoms with Gasteiger partial charge in [0.05, 0.1) is 28.9 Å². The number of fused-ring (bicyclic) bond motifs is 1. The summed E-state index contributed by atoms with van der Waals surface area (Å²) in [5.74, 6) is -0.439. The van der Waals surface area contributed by atoms with Crippen molar-refractivity contribution < 1.29 is 9.53 Å². The molecule has 0 spiro atoms. The maximum absolute atomic E-state index is 12.7. The van der Waals surface area contributed by atoms with Crippen molar-refractivity contribution in [3.8, 4) is 16.9 Å². The molecule has 0 fully saturated rings. The number of benzene rings is 3. The Bertz CT molecular complexity index is 1470.